The van der Waals surface area contributed by atoms with E-state index in [1.54, 1.807) is 24.3 Å². The van der Waals surface area contributed by atoms with Crippen molar-refractivity contribution < 1.29 is 4.79 Å². The number of nitrogens with zero attached hydrogens (tertiary/aromatic N) is 3. The minimum Gasteiger partial charge on any atom is -0.324 e. The van der Waals surface area contributed by atoms with E-state index in [9.17, 15) is 9.59 Å². The number of aryl methyl sites for hydroxylation is 3. The van der Waals surface area contributed by atoms with Gasteiger partial charge in [-0.15, -0.1) is 5.10 Å². The fraction of sp³-hybridized carbons (Fsp3) is 0.222. The van der Waals surface area contributed by atoms with Gasteiger partial charge in [-0.3, -0.25) is 9.59 Å². The molecule has 0 fully saturated rings. The molecular formula is C18H18N4O2. The highest BCUT2D eigenvalue weighted by Crippen LogP contribution is 2.21. The zero-order chi connectivity index (χ0) is 17.3. The van der Waals surface area contributed by atoms with Gasteiger partial charge >= 0.3 is 0 Å². The van der Waals surface area contributed by atoms with Crippen LogP contribution >= 0.6 is 0 Å². The van der Waals surface area contributed by atoms with Gasteiger partial charge in [0.2, 0.25) is 5.91 Å². The van der Waals surface area contributed by atoms with E-state index < -0.39 is 0 Å². The Hall–Kier alpha value is -3.02. The largest absolute Gasteiger partial charge is 0.324 e. The molecule has 3 aromatic rings. The van der Waals surface area contributed by atoms with Crippen LogP contribution in [0.5, 0.6) is 0 Å². The molecule has 6 nitrogen and oxygen atoms in total. The van der Waals surface area contributed by atoms with E-state index in [0.29, 0.717) is 10.9 Å². The Kier molecular flexibility index (Phi) is 4.12. The van der Waals surface area contributed by atoms with E-state index in [4.69, 9.17) is 0 Å². The third kappa shape index (κ3) is 3.03. The number of amides is 1. The second-order valence-electron chi connectivity index (χ2n) is 5.89. The Morgan fingerprint density at radius 3 is 2.50 bits per heavy atom. The number of anilines is 1. The summed E-state index contributed by atoms with van der Waals surface area (Å²) in [5.41, 5.74) is 4.07. The predicted octanol–water partition coefficient (Wildman–Crippen LogP) is 2.36. The van der Waals surface area contributed by atoms with E-state index in [-0.39, 0.29) is 18.0 Å². The summed E-state index contributed by atoms with van der Waals surface area (Å²) < 4.78 is 1.08. The Labute approximate surface area is 139 Å². The number of benzene rings is 2. The van der Waals surface area contributed by atoms with Gasteiger partial charge in [0.05, 0.1) is 5.39 Å². The number of hydrogen-bond acceptors (Lipinski definition) is 4. The zero-order valence-corrected chi connectivity index (χ0v) is 13.8. The summed E-state index contributed by atoms with van der Waals surface area (Å²) in [6.07, 6.45) is 0. The van der Waals surface area contributed by atoms with Crippen LogP contribution < -0.4 is 10.9 Å². The van der Waals surface area contributed by atoms with Crippen LogP contribution in [0.2, 0.25) is 0 Å². The lowest BCUT2D eigenvalue weighted by Gasteiger charge is -2.13. The summed E-state index contributed by atoms with van der Waals surface area (Å²) in [4.78, 5) is 24.7. The number of nitrogens with one attached hydrogen (secondary N) is 1. The molecule has 0 saturated carbocycles. The van der Waals surface area contributed by atoms with E-state index in [2.05, 4.69) is 15.6 Å². The van der Waals surface area contributed by atoms with Crippen molar-refractivity contribution in [3.8, 4) is 0 Å². The second kappa shape index (κ2) is 6.23. The normalized spacial score (nSPS) is 10.8. The quantitative estimate of drug-likeness (QED) is 0.803. The van der Waals surface area contributed by atoms with Gasteiger partial charge < -0.3 is 5.32 Å². The average molecular weight is 322 g/mol. The fourth-order valence-electron chi connectivity index (χ4n) is 2.82. The Morgan fingerprint density at radius 1 is 1.12 bits per heavy atom. The molecule has 0 aliphatic rings. The average Bonchev–Trinajstić information content (AvgIpc) is 2.54. The van der Waals surface area contributed by atoms with Gasteiger partial charge in [-0.25, -0.2) is 4.68 Å². The first-order valence-corrected chi connectivity index (χ1v) is 7.66. The summed E-state index contributed by atoms with van der Waals surface area (Å²) in [7, 11) is 0. The number of hydrogen-bond donors (Lipinski definition) is 1. The molecule has 0 atom stereocenters. The van der Waals surface area contributed by atoms with E-state index >= 15 is 0 Å². The van der Waals surface area contributed by atoms with Gasteiger partial charge in [-0.2, -0.15) is 0 Å². The van der Waals surface area contributed by atoms with Crippen molar-refractivity contribution in [2.75, 3.05) is 5.32 Å². The van der Waals surface area contributed by atoms with Crippen molar-refractivity contribution in [3.05, 3.63) is 63.4 Å². The minimum atomic E-state index is -0.326. The molecule has 0 bridgehead atoms. The molecule has 0 unspecified atom stereocenters. The standard InChI is InChI=1S/C18H18N4O2/c1-11-8-12(2)17(13(3)9-11)19-16(23)10-22-18(24)14-6-4-5-7-15(14)20-21-22/h4-9H,10H2,1-3H3,(H,19,23). The summed E-state index contributed by atoms with van der Waals surface area (Å²) in [6.45, 7) is 5.72. The van der Waals surface area contributed by atoms with Gasteiger partial charge in [0, 0.05) is 5.69 Å². The minimum absolute atomic E-state index is 0.177. The van der Waals surface area contributed by atoms with Gasteiger partial charge in [-0.1, -0.05) is 35.0 Å². The van der Waals surface area contributed by atoms with Crippen LogP contribution in [-0.2, 0) is 11.3 Å². The van der Waals surface area contributed by atoms with Crippen LogP contribution in [0.3, 0.4) is 0 Å². The van der Waals surface area contributed by atoms with Crippen LogP contribution in [0.4, 0.5) is 5.69 Å². The number of carbonyl (C=O) groups is 1. The lowest BCUT2D eigenvalue weighted by Crippen LogP contribution is -2.30. The number of rotatable bonds is 3. The van der Waals surface area contributed by atoms with Crippen molar-refractivity contribution in [2.24, 2.45) is 0 Å². The molecule has 1 N–H and O–H groups in total. The summed E-state index contributed by atoms with van der Waals surface area (Å²) >= 11 is 0. The van der Waals surface area contributed by atoms with Crippen molar-refractivity contribution in [3.63, 3.8) is 0 Å². The van der Waals surface area contributed by atoms with Gasteiger partial charge in [-0.05, 0) is 44.0 Å². The predicted molar refractivity (Wildman–Crippen MR) is 93.1 cm³/mol. The first kappa shape index (κ1) is 15.9. The first-order valence-electron chi connectivity index (χ1n) is 7.66. The van der Waals surface area contributed by atoms with E-state index in [0.717, 1.165) is 27.1 Å². The highest BCUT2D eigenvalue weighted by molar-refractivity contribution is 5.92. The molecular weight excluding hydrogens is 304 g/mol. The molecule has 2 aromatic carbocycles. The third-order valence-corrected chi connectivity index (χ3v) is 3.86. The molecule has 0 aliphatic heterocycles. The molecule has 3 rings (SSSR count). The summed E-state index contributed by atoms with van der Waals surface area (Å²) in [5, 5.41) is 11.1. The molecule has 6 heteroatoms. The van der Waals surface area contributed by atoms with Crippen LogP contribution in [0.25, 0.3) is 10.9 Å². The maximum atomic E-state index is 12.4. The maximum Gasteiger partial charge on any atom is 0.278 e. The molecule has 0 spiro atoms. The summed E-state index contributed by atoms with van der Waals surface area (Å²) in [5.74, 6) is -0.309. The number of carbonyl (C=O) groups excluding carboxylic acids is 1. The Bertz CT molecular complexity index is 969. The Balaban J connectivity index is 1.86. The monoisotopic (exact) mass is 322 g/mol. The highest BCUT2D eigenvalue weighted by atomic mass is 16.2. The molecule has 0 radical (unpaired) electrons. The topological polar surface area (TPSA) is 76.9 Å². The van der Waals surface area contributed by atoms with Crippen molar-refractivity contribution in [1.82, 2.24) is 15.0 Å². The highest BCUT2D eigenvalue weighted by Gasteiger charge is 2.12. The lowest BCUT2D eigenvalue weighted by molar-refractivity contribution is -0.117. The number of fused-ring (bicyclic) bond motifs is 1. The van der Waals surface area contributed by atoms with E-state index in [1.807, 2.05) is 32.9 Å². The van der Waals surface area contributed by atoms with Crippen LogP contribution in [-0.4, -0.2) is 20.9 Å². The van der Waals surface area contributed by atoms with Crippen molar-refractivity contribution in [2.45, 2.75) is 27.3 Å². The first-order chi connectivity index (χ1) is 11.5. The van der Waals surface area contributed by atoms with Gasteiger partial charge in [0.1, 0.15) is 12.1 Å². The van der Waals surface area contributed by atoms with Crippen LogP contribution in [0.1, 0.15) is 16.7 Å². The smallest absolute Gasteiger partial charge is 0.278 e. The lowest BCUT2D eigenvalue weighted by atomic mass is 10.1. The SMILES string of the molecule is Cc1cc(C)c(NC(=O)Cn2nnc3ccccc3c2=O)c(C)c1. The molecule has 122 valence electrons. The molecule has 1 amide bonds. The maximum absolute atomic E-state index is 12.4. The number of aromatic nitrogens is 3. The van der Waals surface area contributed by atoms with Gasteiger partial charge in [0.25, 0.3) is 5.56 Å². The van der Waals surface area contributed by atoms with Crippen molar-refractivity contribution in [1.29, 1.82) is 0 Å². The van der Waals surface area contributed by atoms with Crippen molar-refractivity contribution >= 4 is 22.5 Å². The van der Waals surface area contributed by atoms with E-state index in [1.165, 1.54) is 0 Å². The second-order valence-corrected chi connectivity index (χ2v) is 5.89. The summed E-state index contributed by atoms with van der Waals surface area (Å²) in [6, 6.07) is 10.9. The fourth-order valence-corrected chi connectivity index (χ4v) is 2.82. The van der Waals surface area contributed by atoms with Crippen LogP contribution in [0.15, 0.2) is 41.2 Å². The molecule has 0 saturated heterocycles. The zero-order valence-electron chi connectivity index (χ0n) is 13.8. The molecule has 0 aliphatic carbocycles. The van der Waals surface area contributed by atoms with Crippen LogP contribution in [0, 0.1) is 20.8 Å². The molecule has 1 heterocycles. The molecule has 24 heavy (non-hydrogen) atoms. The van der Waals surface area contributed by atoms with Gasteiger partial charge in [0.15, 0.2) is 0 Å². The third-order valence-electron chi connectivity index (χ3n) is 3.86. The Morgan fingerprint density at radius 2 is 1.79 bits per heavy atom. The molecule has 1 aromatic heterocycles.